The van der Waals surface area contributed by atoms with E-state index in [1.807, 2.05) is 6.20 Å². The molecule has 1 aromatic rings. The lowest BCUT2D eigenvalue weighted by atomic mass is 10.0. The van der Waals surface area contributed by atoms with Crippen molar-refractivity contribution in [3.8, 4) is 0 Å². The van der Waals surface area contributed by atoms with Crippen molar-refractivity contribution in [3.63, 3.8) is 0 Å². The molecule has 0 bridgehead atoms. The van der Waals surface area contributed by atoms with Gasteiger partial charge in [-0.1, -0.05) is 5.21 Å². The molecule has 0 unspecified atom stereocenters. The molecule has 1 fully saturated rings. The Morgan fingerprint density at radius 1 is 1.56 bits per heavy atom. The van der Waals surface area contributed by atoms with Crippen LogP contribution in [0.5, 0.6) is 0 Å². The molecule has 0 aromatic carbocycles. The molecule has 1 aromatic heterocycles. The SMILES string of the molecule is c1[nH]nnc1C1CNC1. The summed E-state index contributed by atoms with van der Waals surface area (Å²) in [4.78, 5) is 0. The van der Waals surface area contributed by atoms with E-state index in [9.17, 15) is 0 Å². The zero-order valence-corrected chi connectivity index (χ0v) is 4.96. The van der Waals surface area contributed by atoms with Gasteiger partial charge in [-0.3, -0.25) is 5.10 Å². The van der Waals surface area contributed by atoms with Crippen molar-refractivity contribution >= 4 is 0 Å². The number of nitrogens with zero attached hydrogens (tertiary/aromatic N) is 2. The molecule has 48 valence electrons. The fourth-order valence-electron chi connectivity index (χ4n) is 0.908. The Balaban J connectivity index is 2.14. The fraction of sp³-hybridized carbons (Fsp3) is 0.600. The summed E-state index contributed by atoms with van der Waals surface area (Å²) in [7, 11) is 0. The topological polar surface area (TPSA) is 53.6 Å². The number of rotatable bonds is 1. The Bertz CT molecular complexity index is 177. The summed E-state index contributed by atoms with van der Waals surface area (Å²) in [5, 5.41) is 13.4. The largest absolute Gasteiger partial charge is 0.315 e. The predicted molar refractivity (Wildman–Crippen MR) is 32.0 cm³/mol. The second kappa shape index (κ2) is 1.80. The van der Waals surface area contributed by atoms with Crippen molar-refractivity contribution in [1.82, 2.24) is 20.7 Å². The summed E-state index contributed by atoms with van der Waals surface area (Å²) in [5.74, 6) is 0.601. The van der Waals surface area contributed by atoms with Gasteiger partial charge in [0.25, 0.3) is 0 Å². The van der Waals surface area contributed by atoms with E-state index >= 15 is 0 Å². The lowest BCUT2D eigenvalue weighted by Gasteiger charge is -2.24. The average Bonchev–Trinajstić information content (AvgIpc) is 2.11. The predicted octanol–water partition coefficient (Wildman–Crippen LogP) is -0.509. The summed E-state index contributed by atoms with van der Waals surface area (Å²) in [6.07, 6.45) is 1.85. The zero-order valence-electron chi connectivity index (χ0n) is 4.96. The van der Waals surface area contributed by atoms with Gasteiger partial charge in [-0.25, -0.2) is 0 Å². The summed E-state index contributed by atoms with van der Waals surface area (Å²) < 4.78 is 0. The second-order valence-electron chi connectivity index (χ2n) is 2.25. The van der Waals surface area contributed by atoms with Crippen LogP contribution in [0.1, 0.15) is 11.6 Å². The molecule has 4 heteroatoms. The van der Waals surface area contributed by atoms with Gasteiger partial charge >= 0.3 is 0 Å². The Morgan fingerprint density at radius 3 is 2.89 bits per heavy atom. The molecule has 0 radical (unpaired) electrons. The van der Waals surface area contributed by atoms with E-state index in [2.05, 4.69) is 20.7 Å². The minimum Gasteiger partial charge on any atom is -0.315 e. The first-order chi connectivity index (χ1) is 4.47. The highest BCUT2D eigenvalue weighted by atomic mass is 15.3. The van der Waals surface area contributed by atoms with Crippen LogP contribution in [-0.2, 0) is 0 Å². The molecule has 1 aliphatic rings. The summed E-state index contributed by atoms with van der Waals surface area (Å²) in [5.41, 5.74) is 1.08. The normalized spacial score (nSPS) is 19.6. The van der Waals surface area contributed by atoms with Crippen molar-refractivity contribution in [2.24, 2.45) is 0 Å². The summed E-state index contributed by atoms with van der Waals surface area (Å²) in [6.45, 7) is 2.10. The number of hydrogen-bond donors (Lipinski definition) is 2. The molecule has 0 saturated carbocycles. The maximum Gasteiger partial charge on any atom is 0.0880 e. The number of nitrogens with one attached hydrogen (secondary N) is 2. The van der Waals surface area contributed by atoms with Crippen LogP contribution in [-0.4, -0.2) is 28.5 Å². The lowest BCUT2D eigenvalue weighted by Crippen LogP contribution is -2.40. The first kappa shape index (κ1) is 4.93. The van der Waals surface area contributed by atoms with Gasteiger partial charge < -0.3 is 5.32 Å². The second-order valence-corrected chi connectivity index (χ2v) is 2.25. The van der Waals surface area contributed by atoms with E-state index < -0.39 is 0 Å². The summed E-state index contributed by atoms with van der Waals surface area (Å²) >= 11 is 0. The standard InChI is InChI=1S/C5H8N4/c1-4(2-6-1)5-3-7-9-8-5/h3-4,6H,1-2H2,(H,7,8,9). The van der Waals surface area contributed by atoms with E-state index in [0.717, 1.165) is 18.8 Å². The van der Waals surface area contributed by atoms with Crippen molar-refractivity contribution < 1.29 is 0 Å². The van der Waals surface area contributed by atoms with E-state index in [0.29, 0.717) is 5.92 Å². The minimum absolute atomic E-state index is 0.601. The molecule has 2 heterocycles. The Hall–Kier alpha value is -0.900. The molecule has 2 rings (SSSR count). The van der Waals surface area contributed by atoms with Gasteiger partial charge in [-0.05, 0) is 0 Å². The van der Waals surface area contributed by atoms with Gasteiger partial charge in [0.1, 0.15) is 0 Å². The number of hydrogen-bond acceptors (Lipinski definition) is 3. The molecule has 0 spiro atoms. The molecule has 0 atom stereocenters. The highest BCUT2D eigenvalue weighted by molar-refractivity contribution is 5.06. The van der Waals surface area contributed by atoms with Crippen LogP contribution in [0.15, 0.2) is 6.20 Å². The molecule has 0 amide bonds. The van der Waals surface area contributed by atoms with Crippen LogP contribution in [0.2, 0.25) is 0 Å². The molecular weight excluding hydrogens is 116 g/mol. The summed E-state index contributed by atoms with van der Waals surface area (Å²) in [6, 6.07) is 0. The molecule has 4 nitrogen and oxygen atoms in total. The molecule has 0 aliphatic carbocycles. The molecule has 2 N–H and O–H groups in total. The van der Waals surface area contributed by atoms with E-state index in [1.54, 1.807) is 0 Å². The molecular formula is C5H8N4. The van der Waals surface area contributed by atoms with Crippen molar-refractivity contribution in [1.29, 1.82) is 0 Å². The van der Waals surface area contributed by atoms with Crippen molar-refractivity contribution in [3.05, 3.63) is 11.9 Å². The van der Waals surface area contributed by atoms with Crippen molar-refractivity contribution in [2.75, 3.05) is 13.1 Å². The average molecular weight is 124 g/mol. The van der Waals surface area contributed by atoms with Crippen LogP contribution in [0.25, 0.3) is 0 Å². The molecule has 1 saturated heterocycles. The third kappa shape index (κ3) is 0.712. The smallest absolute Gasteiger partial charge is 0.0880 e. The van der Waals surface area contributed by atoms with Crippen LogP contribution < -0.4 is 5.32 Å². The maximum absolute atomic E-state index is 3.89. The van der Waals surface area contributed by atoms with Gasteiger partial charge in [0.05, 0.1) is 5.69 Å². The van der Waals surface area contributed by atoms with Gasteiger partial charge in [0.2, 0.25) is 0 Å². The first-order valence-corrected chi connectivity index (χ1v) is 3.04. The zero-order chi connectivity index (χ0) is 6.10. The van der Waals surface area contributed by atoms with E-state index in [1.165, 1.54) is 0 Å². The highest BCUT2D eigenvalue weighted by Crippen LogP contribution is 2.14. The van der Waals surface area contributed by atoms with E-state index in [4.69, 9.17) is 0 Å². The third-order valence-corrected chi connectivity index (χ3v) is 1.64. The third-order valence-electron chi connectivity index (χ3n) is 1.64. The maximum atomic E-state index is 3.89. The first-order valence-electron chi connectivity index (χ1n) is 3.04. The minimum atomic E-state index is 0.601. The van der Waals surface area contributed by atoms with Gasteiger partial charge in [0, 0.05) is 25.2 Å². The quantitative estimate of drug-likeness (QED) is 0.530. The number of aromatic nitrogens is 3. The Kier molecular flexibility index (Phi) is 0.989. The number of aromatic amines is 1. The Morgan fingerprint density at radius 2 is 2.44 bits per heavy atom. The fourth-order valence-corrected chi connectivity index (χ4v) is 0.908. The Labute approximate surface area is 52.7 Å². The number of H-pyrrole nitrogens is 1. The van der Waals surface area contributed by atoms with Gasteiger partial charge in [-0.15, -0.1) is 5.10 Å². The van der Waals surface area contributed by atoms with Crippen LogP contribution in [0, 0.1) is 0 Å². The lowest BCUT2D eigenvalue weighted by molar-refractivity contribution is 0.439. The van der Waals surface area contributed by atoms with Crippen LogP contribution in [0.3, 0.4) is 0 Å². The van der Waals surface area contributed by atoms with E-state index in [-0.39, 0.29) is 0 Å². The molecule has 1 aliphatic heterocycles. The molecule has 9 heavy (non-hydrogen) atoms. The van der Waals surface area contributed by atoms with Gasteiger partial charge in [0.15, 0.2) is 0 Å². The monoisotopic (exact) mass is 124 g/mol. The van der Waals surface area contributed by atoms with Crippen LogP contribution >= 0.6 is 0 Å². The van der Waals surface area contributed by atoms with Gasteiger partial charge in [-0.2, -0.15) is 0 Å². The van der Waals surface area contributed by atoms with Crippen molar-refractivity contribution in [2.45, 2.75) is 5.92 Å². The van der Waals surface area contributed by atoms with Crippen LogP contribution in [0.4, 0.5) is 0 Å². The highest BCUT2D eigenvalue weighted by Gasteiger charge is 2.20.